The molecule has 2 aromatic heterocycles. The van der Waals surface area contributed by atoms with Crippen LogP contribution in [0.15, 0.2) is 35.6 Å². The van der Waals surface area contributed by atoms with Crippen LogP contribution in [0.3, 0.4) is 0 Å². The summed E-state index contributed by atoms with van der Waals surface area (Å²) in [5, 5.41) is 3.37. The first kappa shape index (κ1) is 14.0. The van der Waals surface area contributed by atoms with Crippen LogP contribution in [0.2, 0.25) is 0 Å². The maximum atomic E-state index is 12.3. The molecule has 112 valence electrons. The molecule has 2 aromatic rings. The first-order chi connectivity index (χ1) is 10.0. The molecule has 0 radical (unpaired) electrons. The van der Waals surface area contributed by atoms with Gasteiger partial charge in [-0.2, -0.15) is 0 Å². The van der Waals surface area contributed by atoms with Crippen LogP contribution in [0.4, 0.5) is 5.95 Å². The molecular weight excluding hydrogens is 290 g/mol. The second-order valence-corrected chi connectivity index (χ2v) is 6.79. The van der Waals surface area contributed by atoms with Gasteiger partial charge in [-0.05, 0) is 25.0 Å². The van der Waals surface area contributed by atoms with E-state index >= 15 is 0 Å². The molecule has 0 saturated heterocycles. The van der Waals surface area contributed by atoms with E-state index in [1.54, 1.807) is 18.3 Å². The van der Waals surface area contributed by atoms with E-state index in [2.05, 4.69) is 20.0 Å². The number of sulfonamides is 1. The second-order valence-electron chi connectivity index (χ2n) is 5.11. The van der Waals surface area contributed by atoms with E-state index < -0.39 is 10.0 Å². The summed E-state index contributed by atoms with van der Waals surface area (Å²) in [7, 11) is -1.83. The molecule has 0 aromatic carbocycles. The zero-order valence-corrected chi connectivity index (χ0v) is 12.5. The summed E-state index contributed by atoms with van der Waals surface area (Å²) in [6.45, 7) is 0.665. The molecule has 8 heteroatoms. The van der Waals surface area contributed by atoms with Crippen molar-refractivity contribution in [2.45, 2.75) is 30.3 Å². The molecule has 0 atom stereocenters. The van der Waals surface area contributed by atoms with Crippen LogP contribution in [0.1, 0.15) is 18.5 Å². The van der Waals surface area contributed by atoms with Crippen LogP contribution < -0.4 is 10.0 Å². The Kier molecular flexibility index (Phi) is 3.64. The van der Waals surface area contributed by atoms with Crippen molar-refractivity contribution in [1.82, 2.24) is 19.9 Å². The van der Waals surface area contributed by atoms with Gasteiger partial charge in [0.05, 0.1) is 0 Å². The Morgan fingerprint density at radius 3 is 2.71 bits per heavy atom. The minimum Gasteiger partial charge on any atom is -0.352 e. The molecular formula is C13H17N5O2S. The molecule has 1 aliphatic carbocycles. The van der Waals surface area contributed by atoms with Crippen LogP contribution in [0.5, 0.6) is 0 Å². The lowest BCUT2D eigenvalue weighted by Gasteiger charge is -2.03. The monoisotopic (exact) mass is 307 g/mol. The van der Waals surface area contributed by atoms with E-state index in [0.717, 1.165) is 5.69 Å². The van der Waals surface area contributed by atoms with Gasteiger partial charge in [-0.3, -0.25) is 0 Å². The average molecular weight is 307 g/mol. The SMILES string of the molecule is Cn1cc(S(=O)(=O)Nc2ncccn2)cc1CNC1CC1. The molecule has 1 aliphatic rings. The van der Waals surface area contributed by atoms with Crippen molar-refractivity contribution < 1.29 is 8.42 Å². The Bertz CT molecular complexity index is 722. The summed E-state index contributed by atoms with van der Waals surface area (Å²) in [5.41, 5.74) is 0.927. The Morgan fingerprint density at radius 1 is 1.33 bits per heavy atom. The van der Waals surface area contributed by atoms with Crippen LogP contribution in [-0.4, -0.2) is 29.0 Å². The highest BCUT2D eigenvalue weighted by Crippen LogP contribution is 2.21. The summed E-state index contributed by atoms with van der Waals surface area (Å²) in [4.78, 5) is 7.94. The lowest BCUT2D eigenvalue weighted by molar-refractivity contribution is 0.600. The van der Waals surface area contributed by atoms with Crippen LogP contribution in [0.25, 0.3) is 0 Å². The van der Waals surface area contributed by atoms with Crippen molar-refractivity contribution in [2.24, 2.45) is 7.05 Å². The number of aryl methyl sites for hydroxylation is 1. The highest BCUT2D eigenvalue weighted by atomic mass is 32.2. The van der Waals surface area contributed by atoms with Gasteiger partial charge in [-0.1, -0.05) is 0 Å². The summed E-state index contributed by atoms with van der Waals surface area (Å²) < 4.78 is 28.8. The fourth-order valence-electron chi connectivity index (χ4n) is 1.97. The van der Waals surface area contributed by atoms with E-state index in [9.17, 15) is 8.42 Å². The Hall–Kier alpha value is -1.93. The number of aromatic nitrogens is 3. The molecule has 0 bridgehead atoms. The number of nitrogens with one attached hydrogen (secondary N) is 2. The molecule has 1 fully saturated rings. The summed E-state index contributed by atoms with van der Waals surface area (Å²) in [6.07, 6.45) is 6.96. The lowest BCUT2D eigenvalue weighted by Crippen LogP contribution is -2.17. The zero-order valence-electron chi connectivity index (χ0n) is 11.7. The van der Waals surface area contributed by atoms with Crippen molar-refractivity contribution in [2.75, 3.05) is 4.72 Å². The standard InChI is InChI=1S/C13H17N5O2S/c1-18-9-12(7-11(18)8-16-10-3-4-10)21(19,20)17-13-14-5-2-6-15-13/h2,5-7,9-10,16H,3-4,8H2,1H3,(H,14,15,17). The smallest absolute Gasteiger partial charge is 0.265 e. The van der Waals surface area contributed by atoms with Gasteiger partial charge in [0.25, 0.3) is 10.0 Å². The molecule has 0 amide bonds. The first-order valence-corrected chi connectivity index (χ1v) is 8.21. The first-order valence-electron chi connectivity index (χ1n) is 6.73. The molecule has 3 rings (SSSR count). The third kappa shape index (κ3) is 3.40. The normalized spacial score (nSPS) is 15.1. The predicted octanol–water partition coefficient (Wildman–Crippen LogP) is 0.868. The van der Waals surface area contributed by atoms with Crippen molar-refractivity contribution in [3.8, 4) is 0 Å². The van der Waals surface area contributed by atoms with Gasteiger partial charge in [-0.25, -0.2) is 23.1 Å². The quantitative estimate of drug-likeness (QED) is 0.826. The molecule has 21 heavy (non-hydrogen) atoms. The highest BCUT2D eigenvalue weighted by Gasteiger charge is 2.22. The molecule has 0 unspecified atom stereocenters. The Morgan fingerprint density at radius 2 is 2.05 bits per heavy atom. The topological polar surface area (TPSA) is 88.9 Å². The van der Waals surface area contributed by atoms with Crippen molar-refractivity contribution in [3.05, 3.63) is 36.4 Å². The summed E-state index contributed by atoms with van der Waals surface area (Å²) >= 11 is 0. The van der Waals surface area contributed by atoms with Crippen molar-refractivity contribution >= 4 is 16.0 Å². The summed E-state index contributed by atoms with van der Waals surface area (Å²) in [6, 6.07) is 3.87. The maximum absolute atomic E-state index is 12.3. The van der Waals surface area contributed by atoms with Gasteiger partial charge >= 0.3 is 0 Å². The lowest BCUT2D eigenvalue weighted by atomic mass is 10.4. The molecule has 7 nitrogen and oxygen atoms in total. The minimum atomic E-state index is -3.66. The van der Waals surface area contributed by atoms with Gasteiger partial charge in [0.1, 0.15) is 4.90 Å². The molecule has 2 N–H and O–H groups in total. The number of hydrogen-bond donors (Lipinski definition) is 2. The zero-order chi connectivity index (χ0) is 14.9. The largest absolute Gasteiger partial charge is 0.352 e. The number of anilines is 1. The van der Waals surface area contributed by atoms with E-state index in [1.165, 1.54) is 25.2 Å². The van der Waals surface area contributed by atoms with Crippen LogP contribution in [0, 0.1) is 0 Å². The third-order valence-electron chi connectivity index (χ3n) is 3.33. The van der Waals surface area contributed by atoms with Crippen LogP contribution >= 0.6 is 0 Å². The Labute approximate surface area is 123 Å². The fraction of sp³-hybridized carbons (Fsp3) is 0.385. The molecule has 1 saturated carbocycles. The van der Waals surface area contributed by atoms with Gasteiger partial charge in [0.15, 0.2) is 0 Å². The van der Waals surface area contributed by atoms with Crippen LogP contribution in [-0.2, 0) is 23.6 Å². The van der Waals surface area contributed by atoms with Crippen molar-refractivity contribution in [3.63, 3.8) is 0 Å². The van der Waals surface area contributed by atoms with E-state index in [1.807, 2.05) is 11.6 Å². The van der Waals surface area contributed by atoms with E-state index in [0.29, 0.717) is 12.6 Å². The highest BCUT2D eigenvalue weighted by molar-refractivity contribution is 7.92. The third-order valence-corrected chi connectivity index (χ3v) is 4.63. The molecule has 0 spiro atoms. The van der Waals surface area contributed by atoms with E-state index in [-0.39, 0.29) is 10.8 Å². The predicted molar refractivity (Wildman–Crippen MR) is 78.1 cm³/mol. The van der Waals surface area contributed by atoms with Gasteiger partial charge in [0, 0.05) is 43.9 Å². The molecule has 2 heterocycles. The minimum absolute atomic E-state index is 0.0685. The second kappa shape index (κ2) is 5.45. The van der Waals surface area contributed by atoms with E-state index in [4.69, 9.17) is 0 Å². The average Bonchev–Trinajstić information content (AvgIpc) is 3.20. The summed E-state index contributed by atoms with van der Waals surface area (Å²) in [5.74, 6) is 0.0685. The van der Waals surface area contributed by atoms with Gasteiger partial charge in [0.2, 0.25) is 5.95 Å². The number of nitrogens with zero attached hydrogens (tertiary/aromatic N) is 3. The number of hydrogen-bond acceptors (Lipinski definition) is 5. The Balaban J connectivity index is 1.76. The van der Waals surface area contributed by atoms with Gasteiger partial charge < -0.3 is 9.88 Å². The maximum Gasteiger partial charge on any atom is 0.265 e. The van der Waals surface area contributed by atoms with Gasteiger partial charge in [-0.15, -0.1) is 0 Å². The van der Waals surface area contributed by atoms with Crippen molar-refractivity contribution in [1.29, 1.82) is 0 Å². The molecule has 0 aliphatic heterocycles. The number of rotatable bonds is 6. The fourth-order valence-corrected chi connectivity index (χ4v) is 3.02.